The van der Waals surface area contributed by atoms with Crippen LogP contribution in [0.25, 0.3) is 0 Å². The first kappa shape index (κ1) is 18.7. The topological polar surface area (TPSA) is 60.9 Å². The normalized spacial score (nSPS) is 21.3. The van der Waals surface area contributed by atoms with Gasteiger partial charge >= 0.3 is 0 Å². The summed E-state index contributed by atoms with van der Waals surface area (Å²) < 4.78 is 6.00. The van der Waals surface area contributed by atoms with Crippen LogP contribution in [0.15, 0.2) is 18.2 Å². The zero-order chi connectivity index (χ0) is 20.2. The first-order valence-corrected chi connectivity index (χ1v) is 11.0. The number of piperazine rings is 1. The molecule has 1 amide bonds. The molecule has 7 nitrogen and oxygen atoms in total. The molecule has 3 aliphatic heterocycles. The van der Waals surface area contributed by atoms with E-state index in [9.17, 15) is 4.79 Å². The summed E-state index contributed by atoms with van der Waals surface area (Å²) >= 11 is 1.48. The lowest BCUT2D eigenvalue weighted by molar-refractivity contribution is 0.0901. The van der Waals surface area contributed by atoms with Gasteiger partial charge in [0.05, 0.1) is 17.9 Å². The Morgan fingerprint density at radius 1 is 1.17 bits per heavy atom. The van der Waals surface area contributed by atoms with E-state index in [1.54, 1.807) is 0 Å². The predicted octanol–water partition coefficient (Wildman–Crippen LogP) is 2.49. The van der Waals surface area contributed by atoms with E-state index in [-0.39, 0.29) is 11.4 Å². The molecule has 1 aromatic carbocycles. The smallest absolute Gasteiger partial charge is 0.263 e. The molecule has 5 rings (SSSR count). The van der Waals surface area contributed by atoms with Crippen molar-refractivity contribution in [2.45, 2.75) is 25.8 Å². The maximum Gasteiger partial charge on any atom is 0.263 e. The summed E-state index contributed by atoms with van der Waals surface area (Å²) in [6.07, 6.45) is 0.754. The lowest BCUT2D eigenvalue weighted by Gasteiger charge is -2.35. The standard InChI is InChI=1S/C21H27N5O2S/c1-21(2)13-15-18(19(27)23-21)29-20(22-15)26-10-11-28-17-12-14(4-5-16(17)26)25-8-6-24(3)7-9-25/h4-5,12H,6-11,13H2,1-3H3,(H,23,27). The first-order chi connectivity index (χ1) is 13.9. The average molecular weight is 414 g/mol. The molecule has 154 valence electrons. The fourth-order valence-corrected chi connectivity index (χ4v) is 5.27. The Labute approximate surface area is 175 Å². The molecular formula is C21H27N5O2S. The zero-order valence-electron chi connectivity index (χ0n) is 17.2. The molecule has 1 saturated heterocycles. The molecule has 0 bridgehead atoms. The number of hydrogen-bond donors (Lipinski definition) is 1. The van der Waals surface area contributed by atoms with Gasteiger partial charge in [-0.2, -0.15) is 0 Å². The molecule has 1 fully saturated rings. The Kier molecular flexibility index (Phi) is 4.43. The summed E-state index contributed by atoms with van der Waals surface area (Å²) in [5.74, 6) is 0.879. The van der Waals surface area contributed by atoms with Gasteiger partial charge in [0.25, 0.3) is 5.91 Å². The lowest BCUT2D eigenvalue weighted by atomic mass is 9.94. The van der Waals surface area contributed by atoms with Gasteiger partial charge in [-0.15, -0.1) is 0 Å². The predicted molar refractivity (Wildman–Crippen MR) is 116 cm³/mol. The van der Waals surface area contributed by atoms with E-state index in [1.165, 1.54) is 17.0 Å². The third-order valence-electron chi connectivity index (χ3n) is 5.86. The largest absolute Gasteiger partial charge is 0.489 e. The summed E-state index contributed by atoms with van der Waals surface area (Å²) in [7, 11) is 2.17. The molecule has 3 aliphatic rings. The van der Waals surface area contributed by atoms with E-state index in [0.29, 0.717) is 6.61 Å². The maximum absolute atomic E-state index is 12.5. The van der Waals surface area contributed by atoms with Crippen molar-refractivity contribution >= 4 is 33.8 Å². The number of likely N-dealkylation sites (N-methyl/N-ethyl adjacent to an activating group) is 1. The number of nitrogens with zero attached hydrogens (tertiary/aromatic N) is 4. The molecular weight excluding hydrogens is 386 g/mol. The summed E-state index contributed by atoms with van der Waals surface area (Å²) in [5, 5.41) is 3.95. The van der Waals surface area contributed by atoms with Crippen LogP contribution in [0, 0.1) is 0 Å². The van der Waals surface area contributed by atoms with Crippen molar-refractivity contribution < 1.29 is 9.53 Å². The highest BCUT2D eigenvalue weighted by Gasteiger charge is 2.34. The molecule has 0 unspecified atom stereocenters. The number of carbonyl (C=O) groups excluding carboxylic acids is 1. The van der Waals surface area contributed by atoms with Gasteiger partial charge in [-0.25, -0.2) is 4.98 Å². The molecule has 0 aliphatic carbocycles. The summed E-state index contributed by atoms with van der Waals surface area (Å²) in [4.78, 5) is 25.0. The Balaban J connectivity index is 1.44. The van der Waals surface area contributed by atoms with Gasteiger partial charge in [-0.1, -0.05) is 11.3 Å². The van der Waals surface area contributed by atoms with Crippen LogP contribution < -0.4 is 19.9 Å². The summed E-state index contributed by atoms with van der Waals surface area (Å²) in [5.41, 5.74) is 2.88. The molecule has 0 spiro atoms. The Morgan fingerprint density at radius 2 is 1.97 bits per heavy atom. The maximum atomic E-state index is 12.5. The number of hydrogen-bond acceptors (Lipinski definition) is 7. The van der Waals surface area contributed by atoms with Crippen LogP contribution in [0.4, 0.5) is 16.5 Å². The van der Waals surface area contributed by atoms with Crippen molar-refractivity contribution in [2.24, 2.45) is 0 Å². The summed E-state index contributed by atoms with van der Waals surface area (Å²) in [6.45, 7) is 9.64. The number of amides is 1. The summed E-state index contributed by atoms with van der Waals surface area (Å²) in [6, 6.07) is 6.46. The minimum Gasteiger partial charge on any atom is -0.489 e. The van der Waals surface area contributed by atoms with Crippen molar-refractivity contribution in [3.63, 3.8) is 0 Å². The third kappa shape index (κ3) is 3.44. The van der Waals surface area contributed by atoms with Gasteiger partial charge in [0, 0.05) is 49.9 Å². The molecule has 1 N–H and O–H groups in total. The second-order valence-corrected chi connectivity index (χ2v) is 9.71. The van der Waals surface area contributed by atoms with Crippen molar-refractivity contribution in [2.75, 3.05) is 56.2 Å². The van der Waals surface area contributed by atoms with E-state index in [2.05, 4.69) is 45.3 Å². The van der Waals surface area contributed by atoms with Gasteiger partial charge in [0.15, 0.2) is 5.13 Å². The number of rotatable bonds is 2. The van der Waals surface area contributed by atoms with E-state index in [4.69, 9.17) is 9.72 Å². The molecule has 0 atom stereocenters. The van der Waals surface area contributed by atoms with Crippen LogP contribution in [0.3, 0.4) is 0 Å². The van der Waals surface area contributed by atoms with E-state index >= 15 is 0 Å². The molecule has 4 heterocycles. The first-order valence-electron chi connectivity index (χ1n) is 10.2. The lowest BCUT2D eigenvalue weighted by Crippen LogP contribution is -2.48. The van der Waals surface area contributed by atoms with Crippen LogP contribution >= 0.6 is 11.3 Å². The van der Waals surface area contributed by atoms with Crippen molar-refractivity contribution in [3.05, 3.63) is 28.8 Å². The van der Waals surface area contributed by atoms with Gasteiger partial charge < -0.3 is 24.8 Å². The fourth-order valence-electron chi connectivity index (χ4n) is 4.25. The number of anilines is 3. The van der Waals surface area contributed by atoms with E-state index in [1.807, 2.05) is 13.8 Å². The second kappa shape index (κ2) is 6.88. The molecule has 2 aromatic rings. The van der Waals surface area contributed by atoms with Gasteiger partial charge in [0.2, 0.25) is 0 Å². The number of fused-ring (bicyclic) bond motifs is 2. The van der Waals surface area contributed by atoms with Crippen LogP contribution in [0.5, 0.6) is 5.75 Å². The quantitative estimate of drug-likeness (QED) is 0.816. The molecule has 0 radical (unpaired) electrons. The van der Waals surface area contributed by atoms with E-state index in [0.717, 1.165) is 66.3 Å². The minimum atomic E-state index is -0.254. The van der Waals surface area contributed by atoms with Crippen molar-refractivity contribution in [1.82, 2.24) is 15.2 Å². The minimum absolute atomic E-state index is 0.0149. The SMILES string of the molecule is CN1CCN(c2ccc3c(c2)OCCN3c2nc3c(s2)C(=O)NC(C)(C)C3)CC1. The molecule has 29 heavy (non-hydrogen) atoms. The van der Waals surface area contributed by atoms with Crippen molar-refractivity contribution in [3.8, 4) is 5.75 Å². The Bertz CT molecular complexity index is 949. The highest BCUT2D eigenvalue weighted by atomic mass is 32.1. The van der Waals surface area contributed by atoms with Gasteiger partial charge in [0.1, 0.15) is 17.2 Å². The molecule has 0 saturated carbocycles. The molecule has 8 heteroatoms. The Hall–Kier alpha value is -2.32. The second-order valence-electron chi connectivity index (χ2n) is 8.73. The van der Waals surface area contributed by atoms with Crippen LogP contribution in [0.2, 0.25) is 0 Å². The molecule has 1 aromatic heterocycles. The number of carbonyl (C=O) groups is 1. The number of aromatic nitrogens is 1. The highest BCUT2D eigenvalue weighted by molar-refractivity contribution is 7.17. The monoisotopic (exact) mass is 413 g/mol. The van der Waals surface area contributed by atoms with Crippen LogP contribution in [-0.2, 0) is 6.42 Å². The van der Waals surface area contributed by atoms with Gasteiger partial charge in [-0.3, -0.25) is 4.79 Å². The number of thiazole rings is 1. The Morgan fingerprint density at radius 3 is 2.76 bits per heavy atom. The highest BCUT2D eigenvalue weighted by Crippen LogP contribution is 2.42. The number of benzene rings is 1. The zero-order valence-corrected chi connectivity index (χ0v) is 18.0. The average Bonchev–Trinajstić information content (AvgIpc) is 3.10. The van der Waals surface area contributed by atoms with Gasteiger partial charge in [-0.05, 0) is 33.0 Å². The van der Waals surface area contributed by atoms with E-state index < -0.39 is 0 Å². The van der Waals surface area contributed by atoms with Crippen molar-refractivity contribution in [1.29, 1.82) is 0 Å². The number of nitrogens with one attached hydrogen (secondary N) is 1. The third-order valence-corrected chi connectivity index (χ3v) is 6.98. The fraction of sp³-hybridized carbons (Fsp3) is 0.524. The van der Waals surface area contributed by atoms with Crippen LogP contribution in [0.1, 0.15) is 29.2 Å². The number of ether oxygens (including phenoxy) is 1. The van der Waals surface area contributed by atoms with Crippen LogP contribution in [-0.4, -0.2) is 67.7 Å².